The average molecular weight is 446 g/mol. The van der Waals surface area contributed by atoms with Crippen molar-refractivity contribution in [2.75, 3.05) is 6.54 Å². The van der Waals surface area contributed by atoms with Crippen molar-refractivity contribution in [3.8, 4) is 0 Å². The molecule has 1 heterocycles. The van der Waals surface area contributed by atoms with Gasteiger partial charge in [-0.3, -0.25) is 14.4 Å². The maximum atomic E-state index is 12.9. The normalized spacial score (nSPS) is 19.2. The highest BCUT2D eigenvalue weighted by molar-refractivity contribution is 6.38. The van der Waals surface area contributed by atoms with E-state index >= 15 is 0 Å². The molecule has 1 saturated heterocycles. The van der Waals surface area contributed by atoms with Crippen LogP contribution in [0.4, 0.5) is 4.79 Å². The van der Waals surface area contributed by atoms with Gasteiger partial charge in [0.25, 0.3) is 5.91 Å². The van der Waals surface area contributed by atoms with Crippen LogP contribution in [0.15, 0.2) is 30.3 Å². The predicted octanol–water partition coefficient (Wildman–Crippen LogP) is 2.85. The number of hydrogen-bond acceptors (Lipinski definition) is 5. The van der Waals surface area contributed by atoms with Crippen molar-refractivity contribution >= 4 is 23.7 Å². The van der Waals surface area contributed by atoms with Gasteiger partial charge < -0.3 is 20.7 Å². The van der Waals surface area contributed by atoms with Gasteiger partial charge >= 0.3 is 6.09 Å². The Labute approximate surface area is 189 Å². The second kappa shape index (κ2) is 13.5. The summed E-state index contributed by atoms with van der Waals surface area (Å²) in [5.74, 6) is -2.07. The lowest BCUT2D eigenvalue weighted by atomic mass is 9.99. The number of Topliss-reactive ketones (excluding diaryl/α,β-unsaturated/α-hetero) is 1. The molecule has 2 unspecified atom stereocenters. The molecule has 0 bridgehead atoms. The molecule has 2 rings (SSSR count). The summed E-state index contributed by atoms with van der Waals surface area (Å²) in [5, 5.41) is 7.92. The Morgan fingerprint density at radius 3 is 2.38 bits per heavy atom. The van der Waals surface area contributed by atoms with Crippen LogP contribution in [0, 0.1) is 5.92 Å². The van der Waals surface area contributed by atoms with E-state index < -0.39 is 35.8 Å². The number of amides is 3. The van der Waals surface area contributed by atoms with Gasteiger partial charge in [0.1, 0.15) is 12.6 Å². The molecular formula is C24H35N3O5. The fourth-order valence-corrected chi connectivity index (χ4v) is 3.58. The molecule has 3 N–H and O–H groups in total. The number of carbonyl (C=O) groups excluding carboxylic acids is 4. The highest BCUT2D eigenvalue weighted by Crippen LogP contribution is 2.12. The van der Waals surface area contributed by atoms with Crippen molar-refractivity contribution in [1.82, 2.24) is 16.0 Å². The smallest absolute Gasteiger partial charge is 0.408 e. The molecule has 0 aliphatic carbocycles. The topological polar surface area (TPSA) is 114 Å². The molecule has 0 radical (unpaired) electrons. The van der Waals surface area contributed by atoms with Crippen molar-refractivity contribution in [3.05, 3.63) is 35.9 Å². The number of rotatable bonds is 6. The van der Waals surface area contributed by atoms with E-state index in [0.717, 1.165) is 44.1 Å². The van der Waals surface area contributed by atoms with Gasteiger partial charge in [-0.15, -0.1) is 0 Å². The summed E-state index contributed by atoms with van der Waals surface area (Å²) < 4.78 is 5.22. The molecule has 1 aliphatic heterocycles. The van der Waals surface area contributed by atoms with Crippen molar-refractivity contribution in [2.24, 2.45) is 5.92 Å². The van der Waals surface area contributed by atoms with Crippen LogP contribution in [0.1, 0.15) is 64.4 Å². The number of ether oxygens (including phenoxy) is 1. The number of benzene rings is 1. The van der Waals surface area contributed by atoms with Gasteiger partial charge in [-0.25, -0.2) is 4.79 Å². The molecule has 8 nitrogen and oxygen atoms in total. The SMILES string of the molecule is CC(C)C(NC(=O)OCc1ccccc1)C(=O)NC1CCCCCCCCNC(=O)C1=O. The molecule has 1 aliphatic rings. The molecule has 2 atom stereocenters. The van der Waals surface area contributed by atoms with Crippen molar-refractivity contribution in [1.29, 1.82) is 0 Å². The third-order valence-corrected chi connectivity index (χ3v) is 5.50. The Morgan fingerprint density at radius 2 is 1.69 bits per heavy atom. The number of alkyl carbamates (subject to hydrolysis) is 1. The molecule has 8 heteroatoms. The van der Waals surface area contributed by atoms with Gasteiger partial charge in [-0.2, -0.15) is 0 Å². The molecule has 0 spiro atoms. The van der Waals surface area contributed by atoms with Crippen molar-refractivity contribution < 1.29 is 23.9 Å². The average Bonchev–Trinajstić information content (AvgIpc) is 2.78. The first-order chi connectivity index (χ1) is 15.4. The minimum absolute atomic E-state index is 0.0837. The Balaban J connectivity index is 1.97. The van der Waals surface area contributed by atoms with E-state index in [-0.39, 0.29) is 12.5 Å². The zero-order valence-electron chi connectivity index (χ0n) is 19.0. The van der Waals surface area contributed by atoms with E-state index in [2.05, 4.69) is 16.0 Å². The van der Waals surface area contributed by atoms with Gasteiger partial charge in [-0.1, -0.05) is 76.3 Å². The number of carbonyl (C=O) groups is 4. The minimum Gasteiger partial charge on any atom is -0.445 e. The Kier molecular flexibility index (Phi) is 10.7. The van der Waals surface area contributed by atoms with E-state index in [1.807, 2.05) is 30.3 Å². The zero-order chi connectivity index (χ0) is 23.3. The Morgan fingerprint density at radius 1 is 1.03 bits per heavy atom. The third kappa shape index (κ3) is 8.69. The molecule has 1 aromatic carbocycles. The fourth-order valence-electron chi connectivity index (χ4n) is 3.58. The first kappa shape index (κ1) is 25.4. The van der Waals surface area contributed by atoms with Crippen LogP contribution in [0.2, 0.25) is 0 Å². The lowest BCUT2D eigenvalue weighted by molar-refractivity contribution is -0.140. The molecule has 0 saturated carbocycles. The van der Waals surface area contributed by atoms with E-state index in [4.69, 9.17) is 4.74 Å². The molecule has 176 valence electrons. The summed E-state index contributed by atoms with van der Waals surface area (Å²) in [5.41, 5.74) is 0.832. The molecule has 3 amide bonds. The molecule has 1 fully saturated rings. The number of ketones is 1. The van der Waals surface area contributed by atoms with E-state index in [0.29, 0.717) is 13.0 Å². The van der Waals surface area contributed by atoms with Gasteiger partial charge in [0.15, 0.2) is 0 Å². The van der Waals surface area contributed by atoms with Crippen LogP contribution in [-0.4, -0.2) is 42.3 Å². The standard InChI is InChI=1S/C24H35N3O5/c1-17(2)20(27-24(31)32-16-18-12-8-7-9-13-18)22(29)26-19-14-10-5-3-4-6-11-15-25-23(30)21(19)28/h7-9,12-13,17,19-20H,3-6,10-11,14-16H2,1-2H3,(H,25,30)(H,26,29)(H,27,31). The minimum atomic E-state index is -0.912. The van der Waals surface area contributed by atoms with Crippen LogP contribution in [0.3, 0.4) is 0 Å². The van der Waals surface area contributed by atoms with Crippen molar-refractivity contribution in [2.45, 2.75) is 77.5 Å². The number of nitrogens with one attached hydrogen (secondary N) is 3. The molecule has 32 heavy (non-hydrogen) atoms. The van der Waals surface area contributed by atoms with Crippen molar-refractivity contribution in [3.63, 3.8) is 0 Å². The first-order valence-electron chi connectivity index (χ1n) is 11.5. The second-order valence-corrected chi connectivity index (χ2v) is 8.52. The molecular weight excluding hydrogens is 410 g/mol. The maximum absolute atomic E-state index is 12.9. The Hall–Kier alpha value is -2.90. The first-order valence-corrected chi connectivity index (χ1v) is 11.5. The van der Waals surface area contributed by atoms with Gasteiger partial charge in [0, 0.05) is 6.54 Å². The van der Waals surface area contributed by atoms with Gasteiger partial charge in [-0.05, 0) is 24.3 Å². The van der Waals surface area contributed by atoms with Gasteiger partial charge in [0.05, 0.1) is 6.04 Å². The third-order valence-electron chi connectivity index (χ3n) is 5.50. The van der Waals surface area contributed by atoms with E-state index in [1.54, 1.807) is 13.8 Å². The summed E-state index contributed by atoms with van der Waals surface area (Å²) >= 11 is 0. The summed E-state index contributed by atoms with van der Waals surface area (Å²) in [7, 11) is 0. The fraction of sp³-hybridized carbons (Fsp3) is 0.583. The molecule has 1 aromatic rings. The second-order valence-electron chi connectivity index (χ2n) is 8.52. The molecule has 0 aromatic heterocycles. The van der Waals surface area contributed by atoms with E-state index in [9.17, 15) is 19.2 Å². The lowest BCUT2D eigenvalue weighted by Gasteiger charge is -2.25. The van der Waals surface area contributed by atoms with Gasteiger partial charge in [0.2, 0.25) is 11.7 Å². The summed E-state index contributed by atoms with van der Waals surface area (Å²) in [6, 6.07) is 7.42. The van der Waals surface area contributed by atoms with Crippen LogP contribution >= 0.6 is 0 Å². The highest BCUT2D eigenvalue weighted by atomic mass is 16.5. The largest absolute Gasteiger partial charge is 0.445 e. The summed E-state index contributed by atoms with van der Waals surface area (Å²) in [4.78, 5) is 50.0. The van der Waals surface area contributed by atoms with Crippen LogP contribution in [0.25, 0.3) is 0 Å². The lowest BCUT2D eigenvalue weighted by Crippen LogP contribution is -2.55. The van der Waals surface area contributed by atoms with Crippen LogP contribution in [0.5, 0.6) is 0 Å². The van der Waals surface area contributed by atoms with Crippen LogP contribution in [-0.2, 0) is 25.7 Å². The van der Waals surface area contributed by atoms with Crippen LogP contribution < -0.4 is 16.0 Å². The zero-order valence-corrected chi connectivity index (χ0v) is 19.0. The maximum Gasteiger partial charge on any atom is 0.408 e. The summed E-state index contributed by atoms with van der Waals surface area (Å²) in [6.45, 7) is 4.11. The quantitative estimate of drug-likeness (QED) is 0.583. The highest BCUT2D eigenvalue weighted by Gasteiger charge is 2.31. The Bertz CT molecular complexity index is 766. The number of hydrogen-bond donors (Lipinski definition) is 3. The predicted molar refractivity (Wildman–Crippen MR) is 121 cm³/mol. The summed E-state index contributed by atoms with van der Waals surface area (Å²) in [6.07, 6.45) is 5.36. The monoisotopic (exact) mass is 445 g/mol. The van der Waals surface area contributed by atoms with E-state index in [1.165, 1.54) is 0 Å².